The van der Waals surface area contributed by atoms with Crippen molar-refractivity contribution in [2.75, 3.05) is 13.1 Å². The van der Waals surface area contributed by atoms with E-state index in [0.29, 0.717) is 13.1 Å². The van der Waals surface area contributed by atoms with E-state index in [1.54, 1.807) is 0 Å². The van der Waals surface area contributed by atoms with Crippen LogP contribution in [0.5, 0.6) is 0 Å². The summed E-state index contributed by atoms with van der Waals surface area (Å²) in [6.45, 7) is 8.66. The Labute approximate surface area is 92.4 Å². The molecule has 15 heavy (non-hydrogen) atoms. The van der Waals surface area contributed by atoms with E-state index in [0.717, 1.165) is 12.8 Å². The molecule has 0 spiro atoms. The standard InChI is InChI=1S/C11H24N2O2/c1-5-6-9(14)7-12-10(15)8-13-11(2,3)4/h9,13-14H,5-8H2,1-4H3,(H,12,15). The molecule has 4 heteroatoms. The molecule has 3 N–H and O–H groups in total. The van der Waals surface area contributed by atoms with Crippen LogP contribution < -0.4 is 10.6 Å². The van der Waals surface area contributed by atoms with Crippen LogP contribution in [-0.4, -0.2) is 35.7 Å². The van der Waals surface area contributed by atoms with Gasteiger partial charge in [0.25, 0.3) is 0 Å². The van der Waals surface area contributed by atoms with E-state index in [9.17, 15) is 9.90 Å². The van der Waals surface area contributed by atoms with Crippen molar-refractivity contribution in [3.8, 4) is 0 Å². The Hall–Kier alpha value is -0.610. The Morgan fingerprint density at radius 3 is 2.47 bits per heavy atom. The molecule has 0 aromatic heterocycles. The second kappa shape index (κ2) is 6.80. The van der Waals surface area contributed by atoms with Crippen molar-refractivity contribution in [1.82, 2.24) is 10.6 Å². The summed E-state index contributed by atoms with van der Waals surface area (Å²) in [6.07, 6.45) is 1.23. The second-order valence-corrected chi connectivity index (χ2v) is 4.85. The minimum atomic E-state index is -0.423. The van der Waals surface area contributed by atoms with Crippen molar-refractivity contribution in [1.29, 1.82) is 0 Å². The molecule has 1 atom stereocenters. The first-order valence-corrected chi connectivity index (χ1v) is 5.55. The Morgan fingerprint density at radius 2 is 2.00 bits per heavy atom. The Balaban J connectivity index is 3.58. The number of rotatable bonds is 6. The Bertz CT molecular complexity index is 188. The summed E-state index contributed by atoms with van der Waals surface area (Å²) in [5, 5.41) is 15.2. The average molecular weight is 216 g/mol. The van der Waals surface area contributed by atoms with Crippen LogP contribution in [-0.2, 0) is 4.79 Å². The van der Waals surface area contributed by atoms with Gasteiger partial charge in [-0.15, -0.1) is 0 Å². The summed E-state index contributed by atoms with van der Waals surface area (Å²) in [6, 6.07) is 0. The average Bonchev–Trinajstić information content (AvgIpc) is 2.11. The molecule has 0 bridgehead atoms. The minimum absolute atomic E-state index is 0.0562. The first kappa shape index (κ1) is 14.4. The fourth-order valence-electron chi connectivity index (χ4n) is 1.07. The number of carbonyl (C=O) groups is 1. The van der Waals surface area contributed by atoms with Gasteiger partial charge in [0.15, 0.2) is 0 Å². The molecule has 0 heterocycles. The van der Waals surface area contributed by atoms with E-state index in [-0.39, 0.29) is 11.4 Å². The predicted octanol–water partition coefficient (Wildman–Crippen LogP) is 0.652. The topological polar surface area (TPSA) is 61.4 Å². The second-order valence-electron chi connectivity index (χ2n) is 4.85. The molecule has 0 aromatic rings. The normalized spacial score (nSPS) is 13.7. The van der Waals surface area contributed by atoms with E-state index in [4.69, 9.17) is 0 Å². The fraction of sp³-hybridized carbons (Fsp3) is 0.909. The van der Waals surface area contributed by atoms with Crippen LogP contribution in [0.25, 0.3) is 0 Å². The van der Waals surface area contributed by atoms with Crippen LogP contribution in [0.2, 0.25) is 0 Å². The van der Waals surface area contributed by atoms with Gasteiger partial charge in [0.1, 0.15) is 0 Å². The molecule has 90 valence electrons. The molecular weight excluding hydrogens is 192 g/mol. The van der Waals surface area contributed by atoms with Gasteiger partial charge in [0, 0.05) is 12.1 Å². The number of carbonyl (C=O) groups excluding carboxylic acids is 1. The maximum absolute atomic E-state index is 11.3. The summed E-state index contributed by atoms with van der Waals surface area (Å²) in [5.41, 5.74) is -0.0562. The van der Waals surface area contributed by atoms with Crippen LogP contribution in [0.1, 0.15) is 40.5 Å². The number of amides is 1. The van der Waals surface area contributed by atoms with Crippen LogP contribution in [0, 0.1) is 0 Å². The lowest BCUT2D eigenvalue weighted by Gasteiger charge is -2.20. The van der Waals surface area contributed by atoms with Gasteiger partial charge in [-0.1, -0.05) is 13.3 Å². The molecule has 0 saturated heterocycles. The summed E-state index contributed by atoms with van der Waals surface area (Å²) in [4.78, 5) is 11.3. The zero-order valence-corrected chi connectivity index (χ0v) is 10.3. The third-order valence-electron chi connectivity index (χ3n) is 1.94. The SMILES string of the molecule is CCCC(O)CNC(=O)CNC(C)(C)C. The first-order valence-electron chi connectivity index (χ1n) is 5.55. The Morgan fingerprint density at radius 1 is 1.40 bits per heavy atom. The maximum Gasteiger partial charge on any atom is 0.234 e. The lowest BCUT2D eigenvalue weighted by molar-refractivity contribution is -0.121. The van der Waals surface area contributed by atoms with Crippen molar-refractivity contribution < 1.29 is 9.90 Å². The highest BCUT2D eigenvalue weighted by molar-refractivity contribution is 5.78. The van der Waals surface area contributed by atoms with Crippen LogP contribution in [0.4, 0.5) is 0 Å². The van der Waals surface area contributed by atoms with Crippen molar-refractivity contribution in [2.24, 2.45) is 0 Å². The van der Waals surface area contributed by atoms with E-state index < -0.39 is 6.10 Å². The molecule has 0 fully saturated rings. The summed E-state index contributed by atoms with van der Waals surface area (Å²) >= 11 is 0. The van der Waals surface area contributed by atoms with Gasteiger partial charge in [-0.05, 0) is 27.2 Å². The third-order valence-corrected chi connectivity index (χ3v) is 1.94. The van der Waals surface area contributed by atoms with E-state index in [2.05, 4.69) is 10.6 Å². The fourth-order valence-corrected chi connectivity index (χ4v) is 1.07. The van der Waals surface area contributed by atoms with E-state index >= 15 is 0 Å². The van der Waals surface area contributed by atoms with E-state index in [1.165, 1.54) is 0 Å². The van der Waals surface area contributed by atoms with Crippen molar-refractivity contribution in [3.63, 3.8) is 0 Å². The molecule has 1 amide bonds. The molecule has 4 nitrogen and oxygen atoms in total. The van der Waals surface area contributed by atoms with Gasteiger partial charge in [-0.25, -0.2) is 0 Å². The number of nitrogens with one attached hydrogen (secondary N) is 2. The van der Waals surface area contributed by atoms with Crippen LogP contribution in [0.15, 0.2) is 0 Å². The highest BCUT2D eigenvalue weighted by atomic mass is 16.3. The van der Waals surface area contributed by atoms with Gasteiger partial charge < -0.3 is 15.7 Å². The molecule has 0 radical (unpaired) electrons. The summed E-state index contributed by atoms with van der Waals surface area (Å²) in [5.74, 6) is -0.0694. The zero-order valence-electron chi connectivity index (χ0n) is 10.3. The number of hydrogen-bond donors (Lipinski definition) is 3. The number of aliphatic hydroxyl groups is 1. The van der Waals surface area contributed by atoms with Gasteiger partial charge in [-0.3, -0.25) is 4.79 Å². The van der Waals surface area contributed by atoms with Gasteiger partial charge in [0.05, 0.1) is 12.6 Å². The van der Waals surface area contributed by atoms with E-state index in [1.807, 2.05) is 27.7 Å². The molecule has 0 aliphatic carbocycles. The summed E-state index contributed by atoms with van der Waals surface area (Å²) < 4.78 is 0. The predicted molar refractivity (Wildman–Crippen MR) is 61.7 cm³/mol. The minimum Gasteiger partial charge on any atom is -0.391 e. The molecule has 0 aliphatic heterocycles. The first-order chi connectivity index (χ1) is 6.85. The van der Waals surface area contributed by atoms with Crippen molar-refractivity contribution in [3.05, 3.63) is 0 Å². The maximum atomic E-state index is 11.3. The molecular formula is C11H24N2O2. The van der Waals surface area contributed by atoms with Crippen LogP contribution >= 0.6 is 0 Å². The van der Waals surface area contributed by atoms with Gasteiger partial charge in [-0.2, -0.15) is 0 Å². The molecule has 0 aromatic carbocycles. The van der Waals surface area contributed by atoms with Crippen molar-refractivity contribution >= 4 is 5.91 Å². The highest BCUT2D eigenvalue weighted by Crippen LogP contribution is 1.97. The highest BCUT2D eigenvalue weighted by Gasteiger charge is 2.11. The lowest BCUT2D eigenvalue weighted by Crippen LogP contribution is -2.44. The smallest absolute Gasteiger partial charge is 0.234 e. The largest absolute Gasteiger partial charge is 0.391 e. The molecule has 1 unspecified atom stereocenters. The van der Waals surface area contributed by atoms with Crippen LogP contribution in [0.3, 0.4) is 0 Å². The number of aliphatic hydroxyl groups excluding tert-OH is 1. The lowest BCUT2D eigenvalue weighted by atomic mass is 10.1. The van der Waals surface area contributed by atoms with Gasteiger partial charge >= 0.3 is 0 Å². The third kappa shape index (κ3) is 9.69. The summed E-state index contributed by atoms with van der Waals surface area (Å²) in [7, 11) is 0. The molecule has 0 aliphatic rings. The molecule has 0 saturated carbocycles. The number of hydrogen-bond acceptors (Lipinski definition) is 3. The van der Waals surface area contributed by atoms with Gasteiger partial charge in [0.2, 0.25) is 5.91 Å². The zero-order chi connectivity index (χ0) is 11.9. The quantitative estimate of drug-likeness (QED) is 0.611. The van der Waals surface area contributed by atoms with Crippen molar-refractivity contribution in [2.45, 2.75) is 52.2 Å². The Kier molecular flexibility index (Phi) is 6.52. The molecule has 0 rings (SSSR count). The monoisotopic (exact) mass is 216 g/mol.